The van der Waals surface area contributed by atoms with Gasteiger partial charge in [0.15, 0.2) is 4.77 Å². The van der Waals surface area contributed by atoms with Crippen molar-refractivity contribution in [2.75, 3.05) is 13.2 Å². The fourth-order valence-corrected chi connectivity index (χ4v) is 1.20. The van der Waals surface area contributed by atoms with Crippen LogP contribution in [0.5, 0.6) is 0 Å². The van der Waals surface area contributed by atoms with Crippen molar-refractivity contribution in [3.8, 4) is 0 Å². The second-order valence-electron chi connectivity index (χ2n) is 3.65. The Kier molecular flexibility index (Phi) is 4.82. The lowest BCUT2D eigenvalue weighted by molar-refractivity contribution is 0.116. The number of H-pyrrole nitrogens is 1. The van der Waals surface area contributed by atoms with E-state index in [1.807, 2.05) is 4.57 Å². The first-order chi connectivity index (χ1) is 6.70. The summed E-state index contributed by atoms with van der Waals surface area (Å²) in [6, 6.07) is 0. The molecule has 0 saturated heterocycles. The molecular weight excluding hydrogens is 198 g/mol. The van der Waals surface area contributed by atoms with E-state index in [0.29, 0.717) is 17.3 Å². The van der Waals surface area contributed by atoms with Gasteiger partial charge >= 0.3 is 0 Å². The van der Waals surface area contributed by atoms with Crippen LogP contribution in [0, 0.1) is 10.7 Å². The average Bonchev–Trinajstić information content (AvgIpc) is 2.51. The summed E-state index contributed by atoms with van der Waals surface area (Å²) in [4.78, 5) is 0. The van der Waals surface area contributed by atoms with E-state index in [2.05, 4.69) is 24.0 Å². The first-order valence-corrected chi connectivity index (χ1v) is 5.28. The van der Waals surface area contributed by atoms with Gasteiger partial charge in [-0.25, -0.2) is 0 Å². The second kappa shape index (κ2) is 5.93. The molecule has 0 unspecified atom stereocenters. The molecule has 1 rings (SSSR count). The minimum atomic E-state index is 0.650. The summed E-state index contributed by atoms with van der Waals surface area (Å²) in [6.45, 7) is 6.67. The second-order valence-corrected chi connectivity index (χ2v) is 4.04. The van der Waals surface area contributed by atoms with Gasteiger partial charge in [-0.2, -0.15) is 5.10 Å². The third-order valence-electron chi connectivity index (χ3n) is 1.93. The summed E-state index contributed by atoms with van der Waals surface area (Å²) in [5.74, 6) is 0.700. The van der Waals surface area contributed by atoms with E-state index in [1.165, 1.54) is 0 Å². The molecule has 0 aliphatic carbocycles. The third-order valence-corrected chi connectivity index (χ3v) is 2.26. The quantitative estimate of drug-likeness (QED) is 0.583. The van der Waals surface area contributed by atoms with Gasteiger partial charge in [0, 0.05) is 13.2 Å². The number of nitrogens with one attached hydrogen (secondary N) is 1. The molecule has 0 radical (unpaired) electrons. The van der Waals surface area contributed by atoms with Gasteiger partial charge in [-0.15, -0.1) is 0 Å². The van der Waals surface area contributed by atoms with Gasteiger partial charge in [0.25, 0.3) is 0 Å². The van der Waals surface area contributed by atoms with Crippen LogP contribution in [-0.2, 0) is 11.3 Å². The molecule has 0 aliphatic rings. The summed E-state index contributed by atoms with van der Waals surface area (Å²) in [7, 11) is 0. The van der Waals surface area contributed by atoms with Crippen LogP contribution in [0.2, 0.25) is 0 Å². The number of hydrogen-bond donors (Lipinski definition) is 1. The lowest BCUT2D eigenvalue weighted by Gasteiger charge is -2.06. The van der Waals surface area contributed by atoms with E-state index < -0.39 is 0 Å². The smallest absolute Gasteiger partial charge is 0.195 e. The Morgan fingerprint density at radius 1 is 1.57 bits per heavy atom. The highest BCUT2D eigenvalue weighted by atomic mass is 32.1. The molecule has 0 fully saturated rings. The van der Waals surface area contributed by atoms with Crippen molar-refractivity contribution in [1.82, 2.24) is 14.8 Å². The summed E-state index contributed by atoms with van der Waals surface area (Å²) in [5, 5.41) is 6.53. The van der Waals surface area contributed by atoms with Crippen molar-refractivity contribution in [3.05, 3.63) is 11.1 Å². The van der Waals surface area contributed by atoms with Crippen LogP contribution in [0.25, 0.3) is 0 Å². The highest BCUT2D eigenvalue weighted by Crippen LogP contribution is 1.98. The maximum absolute atomic E-state index is 5.46. The van der Waals surface area contributed by atoms with E-state index in [-0.39, 0.29) is 0 Å². The van der Waals surface area contributed by atoms with Gasteiger partial charge in [-0.3, -0.25) is 5.10 Å². The van der Waals surface area contributed by atoms with Crippen LogP contribution in [0.15, 0.2) is 6.33 Å². The zero-order valence-electron chi connectivity index (χ0n) is 8.69. The molecule has 0 saturated carbocycles. The molecule has 80 valence electrons. The molecule has 1 heterocycles. The van der Waals surface area contributed by atoms with Crippen molar-refractivity contribution < 1.29 is 4.74 Å². The molecule has 14 heavy (non-hydrogen) atoms. The SMILES string of the molecule is CC(C)CCOCCn1cn[nH]c1=S. The van der Waals surface area contributed by atoms with E-state index in [0.717, 1.165) is 19.6 Å². The van der Waals surface area contributed by atoms with Crippen LogP contribution in [0.1, 0.15) is 20.3 Å². The van der Waals surface area contributed by atoms with Crippen LogP contribution in [0.3, 0.4) is 0 Å². The van der Waals surface area contributed by atoms with Gasteiger partial charge in [0.1, 0.15) is 6.33 Å². The normalized spacial score (nSPS) is 11.1. The molecule has 0 aliphatic heterocycles. The number of rotatable bonds is 6. The fourth-order valence-electron chi connectivity index (χ4n) is 1.01. The molecule has 0 spiro atoms. The lowest BCUT2D eigenvalue weighted by Crippen LogP contribution is -2.07. The van der Waals surface area contributed by atoms with Gasteiger partial charge < -0.3 is 9.30 Å². The minimum Gasteiger partial charge on any atom is -0.380 e. The molecular formula is C9H17N3OS. The highest BCUT2D eigenvalue weighted by Gasteiger charge is 1.95. The summed E-state index contributed by atoms with van der Waals surface area (Å²) in [6.07, 6.45) is 2.80. The Bertz CT molecular complexity index is 305. The van der Waals surface area contributed by atoms with Gasteiger partial charge in [0.05, 0.1) is 6.61 Å². The molecule has 0 amide bonds. The lowest BCUT2D eigenvalue weighted by atomic mass is 10.1. The summed E-state index contributed by atoms with van der Waals surface area (Å²) >= 11 is 4.99. The van der Waals surface area contributed by atoms with Crippen molar-refractivity contribution >= 4 is 12.2 Å². The predicted octanol–water partition coefficient (Wildman–Crippen LogP) is 2.00. The van der Waals surface area contributed by atoms with Crippen LogP contribution >= 0.6 is 12.2 Å². The maximum atomic E-state index is 5.46. The number of aromatic amines is 1. The average molecular weight is 215 g/mol. The van der Waals surface area contributed by atoms with Crippen LogP contribution in [0.4, 0.5) is 0 Å². The monoisotopic (exact) mass is 215 g/mol. The number of hydrogen-bond acceptors (Lipinski definition) is 3. The number of ether oxygens (including phenoxy) is 1. The Balaban J connectivity index is 2.11. The predicted molar refractivity (Wildman–Crippen MR) is 57.7 cm³/mol. The van der Waals surface area contributed by atoms with E-state index >= 15 is 0 Å². The topological polar surface area (TPSA) is 42.8 Å². The molecule has 5 heteroatoms. The number of aromatic nitrogens is 3. The molecule has 0 bridgehead atoms. The van der Waals surface area contributed by atoms with E-state index in [4.69, 9.17) is 17.0 Å². The Morgan fingerprint density at radius 2 is 2.36 bits per heavy atom. The van der Waals surface area contributed by atoms with Crippen molar-refractivity contribution in [2.24, 2.45) is 5.92 Å². The first kappa shape index (κ1) is 11.4. The third kappa shape index (κ3) is 4.02. The standard InChI is InChI=1S/C9H17N3OS/c1-8(2)3-5-13-6-4-12-7-10-11-9(12)14/h7-8H,3-6H2,1-2H3,(H,11,14). The van der Waals surface area contributed by atoms with Crippen molar-refractivity contribution in [2.45, 2.75) is 26.8 Å². The van der Waals surface area contributed by atoms with Crippen molar-refractivity contribution in [3.63, 3.8) is 0 Å². The Hall–Kier alpha value is -0.680. The maximum Gasteiger partial charge on any atom is 0.195 e. The molecule has 0 atom stereocenters. The Labute approximate surface area is 89.3 Å². The van der Waals surface area contributed by atoms with E-state index in [1.54, 1.807) is 6.33 Å². The fraction of sp³-hybridized carbons (Fsp3) is 0.778. The number of nitrogens with zero attached hydrogens (tertiary/aromatic N) is 2. The van der Waals surface area contributed by atoms with Crippen molar-refractivity contribution in [1.29, 1.82) is 0 Å². The zero-order chi connectivity index (χ0) is 10.4. The molecule has 1 aromatic heterocycles. The van der Waals surface area contributed by atoms with Gasteiger partial charge in [-0.05, 0) is 24.6 Å². The zero-order valence-corrected chi connectivity index (χ0v) is 9.51. The highest BCUT2D eigenvalue weighted by molar-refractivity contribution is 7.71. The summed E-state index contributed by atoms with van der Waals surface area (Å²) < 4.78 is 7.98. The van der Waals surface area contributed by atoms with Gasteiger partial charge in [0.2, 0.25) is 0 Å². The minimum absolute atomic E-state index is 0.650. The van der Waals surface area contributed by atoms with Crippen LogP contribution < -0.4 is 0 Å². The Morgan fingerprint density at radius 3 is 2.93 bits per heavy atom. The first-order valence-electron chi connectivity index (χ1n) is 4.87. The van der Waals surface area contributed by atoms with Gasteiger partial charge in [-0.1, -0.05) is 13.8 Å². The molecule has 1 N–H and O–H groups in total. The summed E-state index contributed by atoms with van der Waals surface area (Å²) in [5.41, 5.74) is 0. The molecule has 4 nitrogen and oxygen atoms in total. The molecule has 1 aromatic rings. The van der Waals surface area contributed by atoms with Crippen LogP contribution in [-0.4, -0.2) is 28.0 Å². The largest absolute Gasteiger partial charge is 0.380 e. The molecule has 0 aromatic carbocycles. The van der Waals surface area contributed by atoms with E-state index in [9.17, 15) is 0 Å².